The summed E-state index contributed by atoms with van der Waals surface area (Å²) in [6.45, 7) is 2.99. The summed E-state index contributed by atoms with van der Waals surface area (Å²) >= 11 is 4.75. The van der Waals surface area contributed by atoms with Crippen LogP contribution in [0, 0.1) is 0 Å². The van der Waals surface area contributed by atoms with Crippen LogP contribution in [-0.4, -0.2) is 36.6 Å². The van der Waals surface area contributed by atoms with Crippen LogP contribution in [-0.2, 0) is 20.8 Å². The molecule has 0 saturated carbocycles. The van der Waals surface area contributed by atoms with Gasteiger partial charge in [0, 0.05) is 5.56 Å². The van der Waals surface area contributed by atoms with Gasteiger partial charge in [-0.2, -0.15) is 0 Å². The van der Waals surface area contributed by atoms with Crippen LogP contribution in [0.1, 0.15) is 11.1 Å². The van der Waals surface area contributed by atoms with Crippen molar-refractivity contribution in [3.8, 4) is 11.5 Å². The maximum absolute atomic E-state index is 12.0. The van der Waals surface area contributed by atoms with Crippen molar-refractivity contribution in [3.05, 3.63) is 41.5 Å². The number of methoxy groups -OCH3 is 1. The number of nitrogens with one attached hydrogen (secondary N) is 2. The summed E-state index contributed by atoms with van der Waals surface area (Å²) in [7, 11) is 1.38. The number of aliphatic carboxylic acids is 1. The van der Waals surface area contributed by atoms with Crippen LogP contribution in [0.25, 0.3) is 6.08 Å². The molecule has 0 atom stereocenters. The molecule has 0 radical (unpaired) electrons. The number of amides is 2. The molecule has 0 aromatic heterocycles. The van der Waals surface area contributed by atoms with Gasteiger partial charge in [0.2, 0.25) is 0 Å². The van der Waals surface area contributed by atoms with Crippen molar-refractivity contribution >= 4 is 41.2 Å². The van der Waals surface area contributed by atoms with Gasteiger partial charge < -0.3 is 19.4 Å². The van der Waals surface area contributed by atoms with Crippen molar-refractivity contribution in [2.45, 2.75) is 6.42 Å². The Labute approximate surface area is 154 Å². The average Bonchev–Trinajstić information content (AvgIpc) is 2.56. The van der Waals surface area contributed by atoms with E-state index in [1.165, 1.54) is 19.3 Å². The molecule has 1 heterocycles. The fourth-order valence-electron chi connectivity index (χ4n) is 2.29. The van der Waals surface area contributed by atoms with E-state index in [1.807, 2.05) is 0 Å². The maximum Gasteiger partial charge on any atom is 0.263 e. The third kappa shape index (κ3) is 4.45. The lowest BCUT2D eigenvalue weighted by Gasteiger charge is -2.18. The first kappa shape index (κ1) is 19.1. The first-order valence-electron chi connectivity index (χ1n) is 7.38. The first-order chi connectivity index (χ1) is 12.3. The number of thiocarbonyl (C=S) groups is 1. The van der Waals surface area contributed by atoms with Crippen LogP contribution in [0.15, 0.2) is 30.4 Å². The Morgan fingerprint density at radius 3 is 2.50 bits per heavy atom. The average molecular weight is 375 g/mol. The summed E-state index contributed by atoms with van der Waals surface area (Å²) in [6, 6.07) is 3.15. The van der Waals surface area contributed by atoms with E-state index in [4.69, 9.17) is 21.7 Å². The predicted molar refractivity (Wildman–Crippen MR) is 94.3 cm³/mol. The van der Waals surface area contributed by atoms with Crippen LogP contribution >= 0.6 is 12.2 Å². The molecule has 0 bridgehead atoms. The minimum absolute atomic E-state index is 0.0619. The van der Waals surface area contributed by atoms with Gasteiger partial charge in [-0.1, -0.05) is 6.08 Å². The number of carboxylic acids is 1. The van der Waals surface area contributed by atoms with E-state index < -0.39 is 24.4 Å². The van der Waals surface area contributed by atoms with Crippen molar-refractivity contribution < 1.29 is 29.0 Å². The van der Waals surface area contributed by atoms with Crippen molar-refractivity contribution in [2.24, 2.45) is 0 Å². The molecule has 1 fully saturated rings. The van der Waals surface area contributed by atoms with E-state index in [2.05, 4.69) is 17.2 Å². The summed E-state index contributed by atoms with van der Waals surface area (Å²) in [4.78, 5) is 34.6. The predicted octanol–water partition coefficient (Wildman–Crippen LogP) is -0.533. The molecule has 0 unspecified atom stereocenters. The third-order valence-corrected chi connectivity index (χ3v) is 3.53. The highest BCUT2D eigenvalue weighted by Gasteiger charge is 2.26. The van der Waals surface area contributed by atoms with E-state index in [1.54, 1.807) is 12.1 Å². The molecular weight excluding hydrogens is 360 g/mol. The molecule has 0 aliphatic carbocycles. The number of ether oxygens (including phenoxy) is 2. The van der Waals surface area contributed by atoms with Crippen molar-refractivity contribution in [1.82, 2.24) is 10.6 Å². The molecule has 1 aliphatic heterocycles. The molecule has 136 valence electrons. The Bertz CT molecular complexity index is 809. The second-order valence-corrected chi connectivity index (χ2v) is 5.57. The minimum atomic E-state index is -1.38. The lowest BCUT2D eigenvalue weighted by Crippen LogP contribution is -2.51. The van der Waals surface area contributed by atoms with Gasteiger partial charge >= 0.3 is 0 Å². The summed E-state index contributed by atoms with van der Waals surface area (Å²) in [6.07, 6.45) is 3.30. The van der Waals surface area contributed by atoms with Crippen LogP contribution < -0.4 is 25.2 Å². The number of carbonyl (C=O) groups excluding carboxylic acids is 3. The van der Waals surface area contributed by atoms with E-state index in [9.17, 15) is 19.5 Å². The topological polar surface area (TPSA) is 117 Å². The highest BCUT2D eigenvalue weighted by Crippen LogP contribution is 2.34. The number of carbonyl (C=O) groups is 3. The Balaban J connectivity index is 2.48. The number of hydrogen-bond acceptors (Lipinski definition) is 7. The minimum Gasteiger partial charge on any atom is -0.546 e. The second kappa shape index (κ2) is 8.26. The maximum atomic E-state index is 12.0. The highest BCUT2D eigenvalue weighted by molar-refractivity contribution is 7.80. The largest absolute Gasteiger partial charge is 0.546 e. The zero-order valence-corrected chi connectivity index (χ0v) is 14.6. The summed E-state index contributed by atoms with van der Waals surface area (Å²) in [5, 5.41) is 15.3. The molecule has 8 nitrogen and oxygen atoms in total. The lowest BCUT2D eigenvalue weighted by molar-refractivity contribution is -0.307. The Kier molecular flexibility index (Phi) is 6.07. The smallest absolute Gasteiger partial charge is 0.263 e. The number of carboxylic acid groups (broad SMARTS) is 1. The molecule has 1 aromatic rings. The van der Waals surface area contributed by atoms with E-state index in [0.717, 1.165) is 0 Å². The molecule has 26 heavy (non-hydrogen) atoms. The zero-order valence-electron chi connectivity index (χ0n) is 13.8. The van der Waals surface area contributed by atoms with Gasteiger partial charge in [0.25, 0.3) is 11.8 Å². The Morgan fingerprint density at radius 2 is 1.96 bits per heavy atom. The monoisotopic (exact) mass is 375 g/mol. The van der Waals surface area contributed by atoms with Gasteiger partial charge in [-0.25, -0.2) is 0 Å². The van der Waals surface area contributed by atoms with Crippen LogP contribution in [0.4, 0.5) is 0 Å². The van der Waals surface area contributed by atoms with Gasteiger partial charge in [0.05, 0.1) is 13.1 Å². The van der Waals surface area contributed by atoms with Crippen LogP contribution in [0.2, 0.25) is 0 Å². The van der Waals surface area contributed by atoms with Gasteiger partial charge in [-0.15, -0.1) is 6.58 Å². The molecular formula is C17H15N2O6S-. The molecule has 0 spiro atoms. The van der Waals surface area contributed by atoms with Gasteiger partial charge in [0.1, 0.15) is 12.2 Å². The molecule has 9 heteroatoms. The van der Waals surface area contributed by atoms with Gasteiger partial charge in [-0.05, 0) is 42.4 Å². The van der Waals surface area contributed by atoms with E-state index >= 15 is 0 Å². The highest BCUT2D eigenvalue weighted by atomic mass is 32.1. The molecule has 1 aliphatic rings. The molecule has 2 N–H and O–H groups in total. The summed E-state index contributed by atoms with van der Waals surface area (Å²) in [5.41, 5.74) is 0.917. The SMILES string of the molecule is C=CCc1cc(C=C2C(=O)NC(=S)NC2=O)cc(OC)c1OCC(=O)[O-]. The van der Waals surface area contributed by atoms with E-state index in [0.29, 0.717) is 17.5 Å². The van der Waals surface area contributed by atoms with E-state index in [-0.39, 0.29) is 22.2 Å². The molecule has 2 rings (SSSR count). The van der Waals surface area contributed by atoms with Crippen molar-refractivity contribution in [2.75, 3.05) is 13.7 Å². The standard InChI is InChI=1S/C17H16N2O6S/c1-3-4-10-5-9(6-11-15(22)18-17(26)19-16(11)23)7-12(24-2)14(10)25-8-13(20)21/h3,5-7H,1,4,8H2,2H3,(H,20,21)(H2,18,19,22,23,26)/p-1. The first-order valence-corrected chi connectivity index (χ1v) is 7.79. The number of hydrogen-bond donors (Lipinski definition) is 2. The van der Waals surface area contributed by atoms with Crippen molar-refractivity contribution in [1.29, 1.82) is 0 Å². The van der Waals surface area contributed by atoms with Gasteiger partial charge in [0.15, 0.2) is 16.6 Å². The molecule has 1 saturated heterocycles. The number of rotatable bonds is 7. The Hall–Kier alpha value is -3.20. The van der Waals surface area contributed by atoms with Crippen LogP contribution in [0.3, 0.4) is 0 Å². The zero-order chi connectivity index (χ0) is 19.3. The van der Waals surface area contributed by atoms with Crippen LogP contribution in [0.5, 0.6) is 11.5 Å². The number of allylic oxidation sites excluding steroid dienone is 1. The third-order valence-electron chi connectivity index (χ3n) is 3.33. The Morgan fingerprint density at radius 1 is 1.31 bits per heavy atom. The fourth-order valence-corrected chi connectivity index (χ4v) is 2.48. The van der Waals surface area contributed by atoms with Crippen molar-refractivity contribution in [3.63, 3.8) is 0 Å². The van der Waals surface area contributed by atoms with Gasteiger partial charge in [-0.3, -0.25) is 20.2 Å². The normalized spacial score (nSPS) is 13.6. The second-order valence-electron chi connectivity index (χ2n) is 5.16. The molecule has 2 amide bonds. The fraction of sp³-hybridized carbons (Fsp3) is 0.176. The number of benzene rings is 1. The quantitative estimate of drug-likeness (QED) is 0.285. The summed E-state index contributed by atoms with van der Waals surface area (Å²) < 4.78 is 10.5. The molecule has 1 aromatic carbocycles. The lowest BCUT2D eigenvalue weighted by atomic mass is 10.0. The summed E-state index contributed by atoms with van der Waals surface area (Å²) in [5.74, 6) is -2.17.